The molecule has 3 atom stereocenters. The van der Waals surface area contributed by atoms with Crippen molar-refractivity contribution in [2.45, 2.75) is 96.7 Å². The molecule has 0 aromatic heterocycles. The first kappa shape index (κ1) is 29.8. The summed E-state index contributed by atoms with van der Waals surface area (Å²) in [6.45, 7) is 4.71. The van der Waals surface area contributed by atoms with Crippen LogP contribution in [0.5, 0.6) is 0 Å². The van der Waals surface area contributed by atoms with Crippen LogP contribution in [0.3, 0.4) is 0 Å². The molecule has 8 heteroatoms. The second-order valence-corrected chi connectivity index (χ2v) is 16.0. The van der Waals surface area contributed by atoms with Gasteiger partial charge in [0.05, 0.1) is 42.8 Å². The maximum absolute atomic E-state index is 13.8. The molecule has 0 N–H and O–H groups in total. The van der Waals surface area contributed by atoms with Crippen molar-refractivity contribution in [2.75, 3.05) is 33.5 Å². The van der Waals surface area contributed by atoms with E-state index in [1.165, 1.54) is 32.1 Å². The summed E-state index contributed by atoms with van der Waals surface area (Å²) in [5, 5.41) is 0. The maximum Gasteiger partial charge on any atom is 0.312 e. The van der Waals surface area contributed by atoms with Crippen LogP contribution in [-0.2, 0) is 38.1 Å². The lowest BCUT2D eigenvalue weighted by Crippen LogP contribution is -2.65. The number of hydrogen-bond acceptors (Lipinski definition) is 8. The third-order valence-corrected chi connectivity index (χ3v) is 13.0. The highest BCUT2D eigenvalue weighted by Gasteiger charge is 2.63. The highest BCUT2D eigenvalue weighted by Crippen LogP contribution is 2.62. The van der Waals surface area contributed by atoms with E-state index in [4.69, 9.17) is 23.7 Å². The lowest BCUT2D eigenvalue weighted by molar-refractivity contribution is -0.385. The predicted octanol–water partition coefficient (Wildman–Crippen LogP) is 5.62. The number of allylic oxidation sites excluding steroid dienone is 1. The number of esters is 2. The monoisotopic (exact) mass is 598 g/mol. The second-order valence-electron chi connectivity index (χ2n) is 16.0. The van der Waals surface area contributed by atoms with E-state index in [1.54, 1.807) is 13.4 Å². The molecular formula is C35H50O8. The van der Waals surface area contributed by atoms with Crippen LogP contribution in [-0.4, -0.2) is 57.0 Å². The quantitative estimate of drug-likeness (QED) is 0.236. The van der Waals surface area contributed by atoms with E-state index in [0.717, 1.165) is 31.1 Å². The van der Waals surface area contributed by atoms with E-state index < -0.39 is 22.0 Å². The molecule has 1 heterocycles. The molecule has 3 unspecified atom stereocenters. The Morgan fingerprint density at radius 3 is 2.07 bits per heavy atom. The van der Waals surface area contributed by atoms with E-state index >= 15 is 0 Å². The highest BCUT2D eigenvalue weighted by molar-refractivity contribution is 5.89. The molecule has 43 heavy (non-hydrogen) atoms. The number of hydrogen-bond donors (Lipinski definition) is 0. The number of methoxy groups -OCH3 is 1. The summed E-state index contributed by atoms with van der Waals surface area (Å²) in [4.78, 5) is 40.0. The molecule has 1 spiro atoms. The van der Waals surface area contributed by atoms with Gasteiger partial charge in [0, 0.05) is 23.7 Å². The van der Waals surface area contributed by atoms with Gasteiger partial charge in [0.25, 0.3) is 0 Å². The van der Waals surface area contributed by atoms with Crippen molar-refractivity contribution in [1.29, 1.82) is 0 Å². The number of carbonyl (C=O) groups is 3. The Kier molecular flexibility index (Phi) is 7.51. The van der Waals surface area contributed by atoms with Gasteiger partial charge in [-0.1, -0.05) is 6.92 Å². The van der Waals surface area contributed by atoms with Gasteiger partial charge in [0.1, 0.15) is 19.0 Å². The van der Waals surface area contributed by atoms with Gasteiger partial charge in [-0.05, 0) is 108 Å². The van der Waals surface area contributed by atoms with Crippen molar-refractivity contribution in [2.24, 2.45) is 57.7 Å². The fourth-order valence-electron chi connectivity index (χ4n) is 10.7. The summed E-state index contributed by atoms with van der Waals surface area (Å²) in [5.74, 6) is 2.18. The molecule has 8 bridgehead atoms. The minimum atomic E-state index is -0.777. The van der Waals surface area contributed by atoms with Gasteiger partial charge in [-0.2, -0.15) is 0 Å². The molecule has 1 aliphatic heterocycles. The Morgan fingerprint density at radius 2 is 1.49 bits per heavy atom. The van der Waals surface area contributed by atoms with Gasteiger partial charge in [-0.3, -0.25) is 14.4 Å². The Bertz CT molecular complexity index is 1100. The minimum absolute atomic E-state index is 0.00530. The van der Waals surface area contributed by atoms with Crippen LogP contribution in [0.15, 0.2) is 12.3 Å². The molecule has 8 saturated carbocycles. The van der Waals surface area contributed by atoms with Gasteiger partial charge in [0.15, 0.2) is 5.79 Å². The van der Waals surface area contributed by atoms with Crippen LogP contribution in [0.2, 0.25) is 0 Å². The third kappa shape index (κ3) is 4.97. The average Bonchev–Trinajstić information content (AvgIpc) is 3.00. The van der Waals surface area contributed by atoms with Crippen molar-refractivity contribution in [3.8, 4) is 0 Å². The van der Waals surface area contributed by atoms with E-state index in [2.05, 4.69) is 0 Å². The Hall–Kier alpha value is -1.93. The standard InChI is InChI=1S/C35H50O8/c1-4-32(2,6-5-7-39-3)30(37)40-18-33(19-41-31(38)34-15-24-9-25(16-34)29(36)26(10-24)17-34)20-42-35(43-21-33)27-11-22-8-23(13-27)14-28(35)12-22/h5,7,22-28H,4,6,8-21H2,1-3H3/b7-5+. The summed E-state index contributed by atoms with van der Waals surface area (Å²) in [6.07, 6.45) is 14.5. The zero-order chi connectivity index (χ0) is 30.0. The van der Waals surface area contributed by atoms with Crippen molar-refractivity contribution >= 4 is 17.7 Å². The van der Waals surface area contributed by atoms with Gasteiger partial charge in [-0.15, -0.1) is 0 Å². The number of carbonyl (C=O) groups excluding carboxylic acids is 3. The molecule has 9 rings (SSSR count). The van der Waals surface area contributed by atoms with Crippen molar-refractivity contribution < 1.29 is 38.1 Å². The molecule has 1 saturated heterocycles. The van der Waals surface area contributed by atoms with Gasteiger partial charge < -0.3 is 23.7 Å². The number of Topliss-reactive ketones (excluding diaryl/α,β-unsaturated/α-hetero) is 1. The zero-order valence-corrected chi connectivity index (χ0v) is 26.3. The van der Waals surface area contributed by atoms with Gasteiger partial charge >= 0.3 is 11.9 Å². The van der Waals surface area contributed by atoms with Gasteiger partial charge in [0.2, 0.25) is 0 Å². The van der Waals surface area contributed by atoms with E-state index in [1.807, 2.05) is 19.9 Å². The predicted molar refractivity (Wildman–Crippen MR) is 156 cm³/mol. The first-order chi connectivity index (χ1) is 20.6. The van der Waals surface area contributed by atoms with Crippen LogP contribution in [0.25, 0.3) is 0 Å². The Morgan fingerprint density at radius 1 is 0.884 bits per heavy atom. The maximum atomic E-state index is 13.8. The molecule has 8 aliphatic carbocycles. The fourth-order valence-corrected chi connectivity index (χ4v) is 10.7. The van der Waals surface area contributed by atoms with Crippen LogP contribution in [0, 0.1) is 57.7 Å². The zero-order valence-electron chi connectivity index (χ0n) is 26.3. The van der Waals surface area contributed by atoms with Gasteiger partial charge in [-0.25, -0.2) is 0 Å². The number of ketones is 1. The lowest BCUT2D eigenvalue weighted by Gasteiger charge is -2.62. The normalized spacial score (nSPS) is 45.5. The van der Waals surface area contributed by atoms with E-state index in [-0.39, 0.29) is 37.0 Å². The second kappa shape index (κ2) is 10.9. The molecular weight excluding hydrogens is 548 g/mol. The molecule has 0 aromatic carbocycles. The van der Waals surface area contributed by atoms with Crippen molar-refractivity contribution in [3.63, 3.8) is 0 Å². The first-order valence-electron chi connectivity index (χ1n) is 17.0. The topological polar surface area (TPSA) is 97.4 Å². The fraction of sp³-hybridized carbons (Fsp3) is 0.857. The SMILES string of the molecule is CCC(C)(C/C=C/OC)C(=O)OCC1(COC(=O)C23CC4CC(C2)C(=O)C(C4)C3)COC2(OC1)C1CC3CC(C1)CC2C3. The van der Waals surface area contributed by atoms with Crippen LogP contribution >= 0.6 is 0 Å². The van der Waals surface area contributed by atoms with Crippen LogP contribution in [0.1, 0.15) is 90.9 Å². The van der Waals surface area contributed by atoms with Crippen molar-refractivity contribution in [1.82, 2.24) is 0 Å². The molecule has 9 aliphatic rings. The molecule has 238 valence electrons. The van der Waals surface area contributed by atoms with Crippen LogP contribution < -0.4 is 0 Å². The molecule has 9 fully saturated rings. The molecule has 0 radical (unpaired) electrons. The average molecular weight is 599 g/mol. The summed E-state index contributed by atoms with van der Waals surface area (Å²) >= 11 is 0. The third-order valence-electron chi connectivity index (χ3n) is 13.0. The Labute approximate surface area is 255 Å². The van der Waals surface area contributed by atoms with Crippen molar-refractivity contribution in [3.05, 3.63) is 12.3 Å². The lowest BCUT2D eigenvalue weighted by atomic mass is 9.49. The van der Waals surface area contributed by atoms with Crippen LogP contribution in [0.4, 0.5) is 0 Å². The Balaban J connectivity index is 1.07. The van der Waals surface area contributed by atoms with E-state index in [9.17, 15) is 14.4 Å². The largest absolute Gasteiger partial charge is 0.505 e. The first-order valence-corrected chi connectivity index (χ1v) is 17.0. The highest BCUT2D eigenvalue weighted by atomic mass is 16.7. The molecule has 0 amide bonds. The number of rotatable bonds is 10. The summed E-state index contributed by atoms with van der Waals surface area (Å²) in [7, 11) is 1.59. The molecule has 0 aromatic rings. The summed E-state index contributed by atoms with van der Waals surface area (Å²) in [6, 6.07) is 0. The summed E-state index contributed by atoms with van der Waals surface area (Å²) < 4.78 is 30.9. The smallest absolute Gasteiger partial charge is 0.312 e. The minimum Gasteiger partial charge on any atom is -0.505 e. The summed E-state index contributed by atoms with van der Waals surface area (Å²) in [5.41, 5.74) is -2.03. The molecule has 8 nitrogen and oxygen atoms in total. The number of ether oxygens (including phenoxy) is 5. The van der Waals surface area contributed by atoms with E-state index in [0.29, 0.717) is 62.4 Å².